The van der Waals surface area contributed by atoms with Crippen molar-refractivity contribution in [1.29, 1.82) is 0 Å². The zero-order valence-electron chi connectivity index (χ0n) is 10.1. The van der Waals surface area contributed by atoms with Gasteiger partial charge >= 0.3 is 0 Å². The topological polar surface area (TPSA) is 80.5 Å². The minimum Gasteiger partial charge on any atom is -0.338 e. The van der Waals surface area contributed by atoms with E-state index in [0.717, 1.165) is 5.82 Å². The zero-order chi connectivity index (χ0) is 13.2. The molecule has 0 aliphatic rings. The number of benzene rings is 1. The average molecular weight is 259 g/mol. The van der Waals surface area contributed by atoms with E-state index in [1.165, 1.54) is 12.1 Å². The molecule has 0 amide bonds. The SMILES string of the molecule is Cc1nc(Cc2nc(-c3cccc(F)c3)no2)n[nH]1. The summed E-state index contributed by atoms with van der Waals surface area (Å²) in [7, 11) is 0. The lowest BCUT2D eigenvalue weighted by atomic mass is 10.2. The zero-order valence-corrected chi connectivity index (χ0v) is 10.1. The van der Waals surface area contributed by atoms with Gasteiger partial charge in [0.25, 0.3) is 0 Å². The molecule has 2 heterocycles. The van der Waals surface area contributed by atoms with Crippen molar-refractivity contribution in [2.45, 2.75) is 13.3 Å². The molecule has 0 aliphatic heterocycles. The van der Waals surface area contributed by atoms with Gasteiger partial charge in [-0.05, 0) is 19.1 Å². The Morgan fingerprint density at radius 2 is 2.21 bits per heavy atom. The van der Waals surface area contributed by atoms with Gasteiger partial charge in [0.2, 0.25) is 11.7 Å². The fraction of sp³-hybridized carbons (Fsp3) is 0.167. The van der Waals surface area contributed by atoms with Crippen molar-refractivity contribution in [3.63, 3.8) is 0 Å². The van der Waals surface area contributed by atoms with Crippen molar-refractivity contribution in [3.05, 3.63) is 47.6 Å². The lowest BCUT2D eigenvalue weighted by molar-refractivity contribution is 0.384. The Morgan fingerprint density at radius 3 is 2.95 bits per heavy atom. The fourth-order valence-electron chi connectivity index (χ4n) is 1.67. The summed E-state index contributed by atoms with van der Waals surface area (Å²) in [4.78, 5) is 8.34. The number of aromatic amines is 1. The van der Waals surface area contributed by atoms with Crippen LogP contribution in [0, 0.1) is 12.7 Å². The Bertz CT molecular complexity index is 705. The molecule has 7 heteroatoms. The summed E-state index contributed by atoms with van der Waals surface area (Å²) in [5.41, 5.74) is 0.571. The van der Waals surface area contributed by atoms with E-state index in [9.17, 15) is 4.39 Å². The Morgan fingerprint density at radius 1 is 1.32 bits per heavy atom. The molecule has 19 heavy (non-hydrogen) atoms. The summed E-state index contributed by atoms with van der Waals surface area (Å²) in [6.07, 6.45) is 0.340. The van der Waals surface area contributed by atoms with E-state index in [2.05, 4.69) is 25.3 Å². The van der Waals surface area contributed by atoms with Crippen LogP contribution >= 0.6 is 0 Å². The third kappa shape index (κ3) is 2.49. The molecule has 3 aromatic rings. The maximum Gasteiger partial charge on any atom is 0.234 e. The molecule has 1 aromatic carbocycles. The molecule has 96 valence electrons. The Labute approximate surface area is 107 Å². The Balaban J connectivity index is 1.83. The molecule has 0 radical (unpaired) electrons. The quantitative estimate of drug-likeness (QED) is 0.776. The number of rotatable bonds is 3. The highest BCUT2D eigenvalue weighted by Gasteiger charge is 2.11. The van der Waals surface area contributed by atoms with Crippen molar-refractivity contribution in [2.75, 3.05) is 0 Å². The van der Waals surface area contributed by atoms with Crippen molar-refractivity contribution in [3.8, 4) is 11.4 Å². The van der Waals surface area contributed by atoms with Gasteiger partial charge in [0.05, 0.1) is 6.42 Å². The first-order chi connectivity index (χ1) is 9.20. The Hall–Kier alpha value is -2.57. The van der Waals surface area contributed by atoms with E-state index < -0.39 is 0 Å². The van der Waals surface area contributed by atoms with Gasteiger partial charge in [0.1, 0.15) is 11.6 Å². The number of nitrogens with zero attached hydrogens (tertiary/aromatic N) is 4. The number of hydrogen-bond donors (Lipinski definition) is 1. The summed E-state index contributed by atoms with van der Waals surface area (Å²) < 4.78 is 18.2. The highest BCUT2D eigenvalue weighted by molar-refractivity contribution is 5.53. The highest BCUT2D eigenvalue weighted by atomic mass is 19.1. The van der Waals surface area contributed by atoms with E-state index in [0.29, 0.717) is 29.5 Å². The van der Waals surface area contributed by atoms with Gasteiger partial charge in [-0.1, -0.05) is 17.3 Å². The van der Waals surface area contributed by atoms with E-state index in [1.54, 1.807) is 12.1 Å². The summed E-state index contributed by atoms with van der Waals surface area (Å²) in [6, 6.07) is 6.03. The van der Waals surface area contributed by atoms with Crippen molar-refractivity contribution < 1.29 is 8.91 Å². The van der Waals surface area contributed by atoms with Gasteiger partial charge in [0, 0.05) is 5.56 Å². The second kappa shape index (κ2) is 4.60. The van der Waals surface area contributed by atoms with Crippen LogP contribution in [0.5, 0.6) is 0 Å². The minimum atomic E-state index is -0.339. The molecule has 2 aromatic heterocycles. The van der Waals surface area contributed by atoms with E-state index in [1.807, 2.05) is 6.92 Å². The predicted octanol–water partition coefficient (Wildman–Crippen LogP) is 1.89. The highest BCUT2D eigenvalue weighted by Crippen LogP contribution is 2.17. The second-order valence-corrected chi connectivity index (χ2v) is 4.04. The molecule has 0 spiro atoms. The maximum atomic E-state index is 13.1. The van der Waals surface area contributed by atoms with Crippen LogP contribution in [0.15, 0.2) is 28.8 Å². The number of aromatic nitrogens is 5. The van der Waals surface area contributed by atoms with Crippen LogP contribution in [0.3, 0.4) is 0 Å². The van der Waals surface area contributed by atoms with E-state index in [-0.39, 0.29) is 5.82 Å². The van der Waals surface area contributed by atoms with Crippen molar-refractivity contribution in [2.24, 2.45) is 0 Å². The minimum absolute atomic E-state index is 0.339. The largest absolute Gasteiger partial charge is 0.338 e. The molecule has 0 saturated carbocycles. The predicted molar refractivity (Wildman–Crippen MR) is 63.6 cm³/mol. The number of aryl methyl sites for hydroxylation is 1. The van der Waals surface area contributed by atoms with Crippen LogP contribution in [-0.2, 0) is 6.42 Å². The Kier molecular flexibility index (Phi) is 2.79. The molecule has 0 bridgehead atoms. The third-order valence-electron chi connectivity index (χ3n) is 2.50. The lowest BCUT2D eigenvalue weighted by Crippen LogP contribution is -1.91. The number of hydrogen-bond acceptors (Lipinski definition) is 5. The van der Waals surface area contributed by atoms with Gasteiger partial charge in [-0.2, -0.15) is 10.1 Å². The van der Waals surface area contributed by atoms with Crippen LogP contribution in [-0.4, -0.2) is 25.3 Å². The summed E-state index contributed by atoms with van der Waals surface area (Å²) >= 11 is 0. The molecular weight excluding hydrogens is 249 g/mol. The molecule has 3 rings (SSSR count). The first-order valence-corrected chi connectivity index (χ1v) is 5.67. The van der Waals surface area contributed by atoms with Gasteiger partial charge in [-0.15, -0.1) is 0 Å². The first-order valence-electron chi connectivity index (χ1n) is 5.67. The van der Waals surface area contributed by atoms with Crippen molar-refractivity contribution in [1.82, 2.24) is 25.3 Å². The van der Waals surface area contributed by atoms with E-state index in [4.69, 9.17) is 4.52 Å². The van der Waals surface area contributed by atoms with Crippen LogP contribution in [0.1, 0.15) is 17.5 Å². The molecule has 6 nitrogen and oxygen atoms in total. The molecule has 1 N–H and O–H groups in total. The van der Waals surface area contributed by atoms with Crippen molar-refractivity contribution >= 4 is 0 Å². The summed E-state index contributed by atoms with van der Waals surface area (Å²) in [5.74, 6) is 1.69. The first kappa shape index (κ1) is 11.5. The van der Waals surface area contributed by atoms with Crippen LogP contribution in [0.25, 0.3) is 11.4 Å². The molecule has 0 unspecified atom stereocenters. The average Bonchev–Trinajstić information content (AvgIpc) is 2.99. The van der Waals surface area contributed by atoms with Crippen LogP contribution < -0.4 is 0 Å². The van der Waals surface area contributed by atoms with E-state index >= 15 is 0 Å². The molecular formula is C12H10FN5O. The maximum absolute atomic E-state index is 13.1. The lowest BCUT2D eigenvalue weighted by Gasteiger charge is -1.92. The standard InChI is InChI=1S/C12H10FN5O/c1-7-14-10(17-16-7)6-11-15-12(18-19-11)8-3-2-4-9(13)5-8/h2-5H,6H2,1H3,(H,14,16,17). The smallest absolute Gasteiger partial charge is 0.234 e. The fourth-order valence-corrected chi connectivity index (χ4v) is 1.67. The van der Waals surface area contributed by atoms with Crippen LogP contribution in [0.4, 0.5) is 4.39 Å². The third-order valence-corrected chi connectivity index (χ3v) is 2.50. The van der Waals surface area contributed by atoms with Crippen LogP contribution in [0.2, 0.25) is 0 Å². The molecule has 0 atom stereocenters. The van der Waals surface area contributed by atoms with Gasteiger partial charge in [-0.25, -0.2) is 9.37 Å². The number of nitrogens with one attached hydrogen (secondary N) is 1. The number of halogens is 1. The monoisotopic (exact) mass is 259 g/mol. The molecule has 0 aliphatic carbocycles. The second-order valence-electron chi connectivity index (χ2n) is 4.04. The summed E-state index contributed by atoms with van der Waals surface area (Å²) in [6.45, 7) is 1.81. The number of H-pyrrole nitrogens is 1. The molecule has 0 fully saturated rings. The van der Waals surface area contributed by atoms with Gasteiger partial charge < -0.3 is 4.52 Å². The molecule has 0 saturated heterocycles. The normalized spacial score (nSPS) is 10.8. The van der Waals surface area contributed by atoms with Gasteiger partial charge in [-0.3, -0.25) is 5.10 Å². The summed E-state index contributed by atoms with van der Waals surface area (Å²) in [5, 5.41) is 10.5. The van der Waals surface area contributed by atoms with Gasteiger partial charge in [0.15, 0.2) is 5.82 Å².